The number of piperidine rings is 1. The molecule has 1 aliphatic heterocycles. The molecule has 1 aliphatic rings. The van der Waals surface area contributed by atoms with E-state index in [9.17, 15) is 0 Å². The molecule has 0 spiro atoms. The number of rotatable bonds is 5. The number of nitrogens with zero attached hydrogens (tertiary/aromatic N) is 1. The Kier molecular flexibility index (Phi) is 5.87. The van der Waals surface area contributed by atoms with Crippen molar-refractivity contribution in [3.63, 3.8) is 0 Å². The van der Waals surface area contributed by atoms with Crippen LogP contribution >= 0.6 is 27.3 Å². The molecule has 19 heavy (non-hydrogen) atoms. The lowest BCUT2D eigenvalue weighted by atomic mass is 9.87. The third-order valence-electron chi connectivity index (χ3n) is 4.44. The fourth-order valence-corrected chi connectivity index (χ4v) is 4.52. The minimum Gasteiger partial charge on any atom is -0.314 e. The Morgan fingerprint density at radius 3 is 2.84 bits per heavy atom. The Hall–Kier alpha value is 0.1000. The molecule has 3 atom stereocenters. The molecule has 3 unspecified atom stereocenters. The number of nitrogens with one attached hydrogen (secondary N) is 1. The maximum absolute atomic E-state index is 3.63. The molecule has 108 valence electrons. The van der Waals surface area contributed by atoms with Gasteiger partial charge in [-0.3, -0.25) is 4.90 Å². The normalized spacial score (nSPS) is 28.7. The Balaban J connectivity index is 1.85. The van der Waals surface area contributed by atoms with Crippen LogP contribution in [0.4, 0.5) is 0 Å². The number of hydrogen-bond acceptors (Lipinski definition) is 3. The van der Waals surface area contributed by atoms with Gasteiger partial charge in [-0.1, -0.05) is 13.8 Å². The number of halogens is 1. The van der Waals surface area contributed by atoms with Gasteiger partial charge in [0.2, 0.25) is 0 Å². The highest BCUT2D eigenvalue weighted by Gasteiger charge is 2.31. The van der Waals surface area contributed by atoms with E-state index in [1.807, 2.05) is 11.3 Å². The summed E-state index contributed by atoms with van der Waals surface area (Å²) in [7, 11) is 0. The highest BCUT2D eigenvalue weighted by atomic mass is 79.9. The van der Waals surface area contributed by atoms with Crippen molar-refractivity contribution >= 4 is 27.3 Å². The van der Waals surface area contributed by atoms with Gasteiger partial charge in [-0.05, 0) is 66.8 Å². The molecule has 1 saturated heterocycles. The molecule has 0 aliphatic carbocycles. The average molecular weight is 345 g/mol. The SMILES string of the molecule is CCNC1CCN(CCc2ccc(Br)s2)C(C)C1C. The van der Waals surface area contributed by atoms with Crippen molar-refractivity contribution in [1.82, 2.24) is 10.2 Å². The first-order valence-electron chi connectivity index (χ1n) is 7.33. The monoisotopic (exact) mass is 344 g/mol. The first-order valence-corrected chi connectivity index (χ1v) is 8.94. The van der Waals surface area contributed by atoms with Crippen LogP contribution in [-0.2, 0) is 6.42 Å². The van der Waals surface area contributed by atoms with Gasteiger partial charge >= 0.3 is 0 Å². The zero-order valence-corrected chi connectivity index (χ0v) is 14.6. The first kappa shape index (κ1) is 15.5. The van der Waals surface area contributed by atoms with Gasteiger partial charge < -0.3 is 5.32 Å². The van der Waals surface area contributed by atoms with Crippen LogP contribution in [0.1, 0.15) is 32.1 Å². The Bertz CT molecular complexity index is 393. The lowest BCUT2D eigenvalue weighted by Crippen LogP contribution is -2.53. The van der Waals surface area contributed by atoms with Crippen molar-refractivity contribution in [2.24, 2.45) is 5.92 Å². The van der Waals surface area contributed by atoms with Crippen molar-refractivity contribution < 1.29 is 0 Å². The summed E-state index contributed by atoms with van der Waals surface area (Å²) in [5.74, 6) is 0.740. The van der Waals surface area contributed by atoms with Crippen molar-refractivity contribution in [2.45, 2.75) is 45.7 Å². The Morgan fingerprint density at radius 1 is 1.42 bits per heavy atom. The Morgan fingerprint density at radius 2 is 2.21 bits per heavy atom. The van der Waals surface area contributed by atoms with E-state index in [2.05, 4.69) is 59.1 Å². The molecule has 0 saturated carbocycles. The molecule has 1 aromatic heterocycles. The van der Waals surface area contributed by atoms with E-state index >= 15 is 0 Å². The summed E-state index contributed by atoms with van der Waals surface area (Å²) in [6.07, 6.45) is 2.46. The van der Waals surface area contributed by atoms with Gasteiger partial charge in [-0.25, -0.2) is 0 Å². The van der Waals surface area contributed by atoms with E-state index in [4.69, 9.17) is 0 Å². The Labute approximate surface area is 129 Å². The lowest BCUT2D eigenvalue weighted by Gasteiger charge is -2.43. The van der Waals surface area contributed by atoms with Crippen molar-refractivity contribution in [1.29, 1.82) is 0 Å². The van der Waals surface area contributed by atoms with Gasteiger partial charge in [0.1, 0.15) is 0 Å². The fourth-order valence-electron chi connectivity index (χ4n) is 3.05. The van der Waals surface area contributed by atoms with Gasteiger partial charge in [0.15, 0.2) is 0 Å². The van der Waals surface area contributed by atoms with Gasteiger partial charge in [-0.2, -0.15) is 0 Å². The van der Waals surface area contributed by atoms with E-state index in [0.29, 0.717) is 12.1 Å². The van der Waals surface area contributed by atoms with E-state index < -0.39 is 0 Å². The van der Waals surface area contributed by atoms with Crippen LogP contribution in [0.15, 0.2) is 15.9 Å². The molecular weight excluding hydrogens is 320 g/mol. The van der Waals surface area contributed by atoms with E-state index in [1.54, 1.807) is 0 Å². The molecule has 1 fully saturated rings. The topological polar surface area (TPSA) is 15.3 Å². The minimum atomic E-state index is 0.682. The van der Waals surface area contributed by atoms with Gasteiger partial charge in [0, 0.05) is 23.5 Å². The molecule has 2 heterocycles. The highest BCUT2D eigenvalue weighted by Crippen LogP contribution is 2.26. The molecule has 0 radical (unpaired) electrons. The molecule has 2 nitrogen and oxygen atoms in total. The van der Waals surface area contributed by atoms with Gasteiger partial charge in [0.25, 0.3) is 0 Å². The molecular formula is C15H25BrN2S. The highest BCUT2D eigenvalue weighted by molar-refractivity contribution is 9.11. The van der Waals surface area contributed by atoms with E-state index in [-0.39, 0.29) is 0 Å². The van der Waals surface area contributed by atoms with Crippen LogP contribution in [0.25, 0.3) is 0 Å². The van der Waals surface area contributed by atoms with Crippen LogP contribution in [0.5, 0.6) is 0 Å². The van der Waals surface area contributed by atoms with E-state index in [1.165, 1.54) is 34.6 Å². The predicted octanol–water partition coefficient (Wildman–Crippen LogP) is 3.76. The smallest absolute Gasteiger partial charge is 0.0701 e. The van der Waals surface area contributed by atoms with Crippen LogP contribution in [0.3, 0.4) is 0 Å². The summed E-state index contributed by atoms with van der Waals surface area (Å²) < 4.78 is 1.25. The average Bonchev–Trinajstić information content (AvgIpc) is 2.80. The molecule has 0 bridgehead atoms. The summed E-state index contributed by atoms with van der Waals surface area (Å²) >= 11 is 5.41. The lowest BCUT2D eigenvalue weighted by molar-refractivity contribution is 0.0869. The molecule has 1 N–H and O–H groups in total. The fraction of sp³-hybridized carbons (Fsp3) is 0.733. The van der Waals surface area contributed by atoms with Crippen LogP contribution < -0.4 is 5.32 Å². The summed E-state index contributed by atoms with van der Waals surface area (Å²) in [5, 5.41) is 3.63. The predicted molar refractivity (Wildman–Crippen MR) is 88.0 cm³/mol. The third-order valence-corrected chi connectivity index (χ3v) is 6.12. The first-order chi connectivity index (χ1) is 9.11. The minimum absolute atomic E-state index is 0.682. The summed E-state index contributed by atoms with van der Waals surface area (Å²) in [5.41, 5.74) is 0. The van der Waals surface area contributed by atoms with Crippen LogP contribution in [0.2, 0.25) is 0 Å². The standard InChI is InChI=1S/C15H25BrN2S/c1-4-17-14-8-10-18(12(3)11(14)2)9-7-13-5-6-15(16)19-13/h5-6,11-12,14,17H,4,7-10H2,1-3H3. The second-order valence-electron chi connectivity index (χ2n) is 5.54. The van der Waals surface area contributed by atoms with Crippen molar-refractivity contribution in [3.8, 4) is 0 Å². The largest absolute Gasteiger partial charge is 0.314 e. The van der Waals surface area contributed by atoms with Gasteiger partial charge in [0.05, 0.1) is 3.79 Å². The molecule has 1 aromatic rings. The van der Waals surface area contributed by atoms with E-state index in [0.717, 1.165) is 12.5 Å². The van der Waals surface area contributed by atoms with Crippen LogP contribution in [-0.4, -0.2) is 36.6 Å². The molecule has 2 rings (SSSR count). The third kappa shape index (κ3) is 4.03. The quantitative estimate of drug-likeness (QED) is 0.874. The number of thiophene rings is 1. The van der Waals surface area contributed by atoms with Crippen molar-refractivity contribution in [3.05, 3.63) is 20.8 Å². The maximum Gasteiger partial charge on any atom is 0.0701 e. The van der Waals surface area contributed by atoms with Gasteiger partial charge in [-0.15, -0.1) is 11.3 Å². The number of likely N-dealkylation sites (tertiary alicyclic amines) is 1. The molecule has 0 aromatic carbocycles. The zero-order chi connectivity index (χ0) is 13.8. The van der Waals surface area contributed by atoms with Crippen molar-refractivity contribution in [2.75, 3.05) is 19.6 Å². The summed E-state index contributed by atoms with van der Waals surface area (Å²) in [4.78, 5) is 4.15. The number of hydrogen-bond donors (Lipinski definition) is 1. The second-order valence-corrected chi connectivity index (χ2v) is 8.09. The zero-order valence-electron chi connectivity index (χ0n) is 12.2. The molecule has 0 amide bonds. The summed E-state index contributed by atoms with van der Waals surface area (Å²) in [6.45, 7) is 10.5. The molecule has 4 heteroatoms. The second kappa shape index (κ2) is 7.21. The van der Waals surface area contributed by atoms with Crippen LogP contribution in [0, 0.1) is 5.92 Å². The maximum atomic E-state index is 3.63. The summed E-state index contributed by atoms with van der Waals surface area (Å²) in [6, 6.07) is 5.78.